The molecule has 0 unspecified atom stereocenters. The lowest BCUT2D eigenvalue weighted by Gasteiger charge is -2.38. The summed E-state index contributed by atoms with van der Waals surface area (Å²) in [5, 5.41) is 8.29. The number of halogens is 3. The van der Waals surface area contributed by atoms with E-state index in [0.29, 0.717) is 36.6 Å². The Labute approximate surface area is 201 Å². The Bertz CT molecular complexity index is 1230. The van der Waals surface area contributed by atoms with Gasteiger partial charge < -0.3 is 10.2 Å². The zero-order valence-electron chi connectivity index (χ0n) is 19.6. The molecule has 4 atom stereocenters. The summed E-state index contributed by atoms with van der Waals surface area (Å²) >= 11 is 0. The topological polar surface area (TPSA) is 71.8 Å². The molecular formula is C25H28F3N7. The van der Waals surface area contributed by atoms with Crippen LogP contribution in [0.3, 0.4) is 0 Å². The summed E-state index contributed by atoms with van der Waals surface area (Å²) in [7, 11) is 0. The van der Waals surface area contributed by atoms with Gasteiger partial charge in [-0.05, 0) is 50.5 Å². The van der Waals surface area contributed by atoms with E-state index in [1.54, 1.807) is 11.0 Å². The number of fused-ring (bicyclic) bond motifs is 3. The van der Waals surface area contributed by atoms with Gasteiger partial charge in [-0.2, -0.15) is 4.98 Å². The van der Waals surface area contributed by atoms with Crippen LogP contribution in [-0.2, 0) is 6.54 Å². The van der Waals surface area contributed by atoms with Gasteiger partial charge in [-0.3, -0.25) is 0 Å². The molecule has 2 fully saturated rings. The molecule has 7 nitrogen and oxygen atoms in total. The highest BCUT2D eigenvalue weighted by molar-refractivity contribution is 5.42. The minimum Gasteiger partial charge on any atom is -0.356 e. The number of benzene rings is 1. The largest absolute Gasteiger partial charge is 0.356 e. The van der Waals surface area contributed by atoms with Gasteiger partial charge in [-0.25, -0.2) is 27.8 Å². The highest BCUT2D eigenvalue weighted by Crippen LogP contribution is 2.40. The van der Waals surface area contributed by atoms with Crippen molar-refractivity contribution < 1.29 is 13.2 Å². The zero-order valence-corrected chi connectivity index (χ0v) is 19.6. The van der Waals surface area contributed by atoms with Gasteiger partial charge in [0.15, 0.2) is 17.5 Å². The summed E-state index contributed by atoms with van der Waals surface area (Å²) in [6.45, 7) is 4.45. The molecule has 1 aliphatic carbocycles. The van der Waals surface area contributed by atoms with E-state index < -0.39 is 23.4 Å². The normalized spacial score (nSPS) is 25.9. The number of hydrogen-bond acceptors (Lipinski definition) is 6. The van der Waals surface area contributed by atoms with Gasteiger partial charge in [0, 0.05) is 48.9 Å². The molecule has 2 aliphatic heterocycles. The van der Waals surface area contributed by atoms with E-state index in [-0.39, 0.29) is 11.6 Å². The number of anilines is 2. The van der Waals surface area contributed by atoms with Crippen molar-refractivity contribution in [1.82, 2.24) is 24.7 Å². The molecule has 3 aromatic rings. The molecule has 1 N–H and O–H groups in total. The first-order valence-electron chi connectivity index (χ1n) is 12.4. The predicted octanol–water partition coefficient (Wildman–Crippen LogP) is 4.44. The van der Waals surface area contributed by atoms with Gasteiger partial charge in [0.1, 0.15) is 18.0 Å². The molecule has 0 amide bonds. The maximum Gasteiger partial charge on any atom is 0.242 e. The summed E-state index contributed by atoms with van der Waals surface area (Å²) < 4.78 is 44.0. The van der Waals surface area contributed by atoms with Gasteiger partial charge in [0.05, 0.1) is 0 Å². The molecule has 1 aromatic carbocycles. The van der Waals surface area contributed by atoms with Gasteiger partial charge in [-0.1, -0.05) is 12.5 Å². The van der Waals surface area contributed by atoms with Crippen LogP contribution in [-0.4, -0.2) is 43.9 Å². The molecule has 0 spiro atoms. The van der Waals surface area contributed by atoms with E-state index in [0.717, 1.165) is 56.4 Å². The Hall–Kier alpha value is -3.17. The fraction of sp³-hybridized carbons (Fsp3) is 0.520. The first-order valence-corrected chi connectivity index (χ1v) is 12.4. The molecule has 2 aromatic heterocycles. The van der Waals surface area contributed by atoms with Gasteiger partial charge in [0.2, 0.25) is 5.95 Å². The van der Waals surface area contributed by atoms with Crippen molar-refractivity contribution in [1.29, 1.82) is 0 Å². The van der Waals surface area contributed by atoms with Crippen LogP contribution in [0.5, 0.6) is 0 Å². The van der Waals surface area contributed by atoms with E-state index in [2.05, 4.69) is 20.2 Å². The van der Waals surface area contributed by atoms with E-state index >= 15 is 0 Å². The molecule has 1 saturated carbocycles. The fourth-order valence-electron chi connectivity index (χ4n) is 6.09. The lowest BCUT2D eigenvalue weighted by atomic mass is 9.92. The maximum absolute atomic E-state index is 14.7. The monoisotopic (exact) mass is 483 g/mol. The fourth-order valence-corrected chi connectivity index (χ4v) is 6.09. The predicted molar refractivity (Wildman–Crippen MR) is 125 cm³/mol. The second kappa shape index (κ2) is 8.80. The van der Waals surface area contributed by atoms with Crippen LogP contribution in [0.25, 0.3) is 0 Å². The van der Waals surface area contributed by atoms with Gasteiger partial charge >= 0.3 is 0 Å². The number of piperidine rings is 1. The Balaban J connectivity index is 1.24. The minimum atomic E-state index is -1.43. The van der Waals surface area contributed by atoms with E-state index in [9.17, 15) is 13.2 Å². The summed E-state index contributed by atoms with van der Waals surface area (Å²) in [6, 6.07) is 4.60. The Morgan fingerprint density at radius 1 is 0.971 bits per heavy atom. The standard InChI is InChI=1S/C25H28F3N7/c1-14-10-20(30-13-29-14)34-11-15-5-6-16(12-34)23(15)31-25-32-24-18(4-2-3-9-35(24)33-25)17-7-8-19(26)22(28)21(17)27/h7-8,10,13,15-16,18,23H,2-6,9,11-12H2,1H3,(H,31,33)/t15-,16+,18-,23+/m0/s1. The van der Waals surface area contributed by atoms with Gasteiger partial charge in [-0.15, -0.1) is 5.10 Å². The molecule has 6 rings (SSSR count). The molecule has 35 heavy (non-hydrogen) atoms. The third-order valence-corrected chi connectivity index (χ3v) is 7.81. The average molecular weight is 484 g/mol. The van der Waals surface area contributed by atoms with Crippen molar-refractivity contribution in [2.24, 2.45) is 11.8 Å². The summed E-state index contributed by atoms with van der Waals surface area (Å²) in [5.41, 5.74) is 1.10. The Kier molecular flexibility index (Phi) is 5.61. The molecule has 1 saturated heterocycles. The van der Waals surface area contributed by atoms with Crippen LogP contribution >= 0.6 is 0 Å². The van der Waals surface area contributed by atoms with Crippen LogP contribution in [0.15, 0.2) is 24.5 Å². The van der Waals surface area contributed by atoms with E-state index in [1.165, 1.54) is 6.07 Å². The van der Waals surface area contributed by atoms with Crippen molar-refractivity contribution in [3.05, 3.63) is 59.1 Å². The molecule has 2 bridgehead atoms. The summed E-state index contributed by atoms with van der Waals surface area (Å²) in [6.07, 6.45) is 6.19. The quantitative estimate of drug-likeness (QED) is 0.554. The number of aromatic nitrogens is 5. The van der Waals surface area contributed by atoms with Gasteiger partial charge in [0.25, 0.3) is 0 Å². The number of hydrogen-bond donors (Lipinski definition) is 1. The smallest absolute Gasteiger partial charge is 0.242 e. The number of nitrogens with one attached hydrogen (secondary N) is 1. The van der Waals surface area contributed by atoms with E-state index in [1.807, 2.05) is 13.0 Å². The van der Waals surface area contributed by atoms with E-state index in [4.69, 9.17) is 10.1 Å². The van der Waals surface area contributed by atoms with Crippen LogP contribution in [0, 0.1) is 36.2 Å². The Morgan fingerprint density at radius 3 is 2.54 bits per heavy atom. The minimum absolute atomic E-state index is 0.138. The first-order chi connectivity index (χ1) is 17.0. The second-order valence-electron chi connectivity index (χ2n) is 10.0. The SMILES string of the molecule is Cc1cc(N2C[C@H]3CC[C@@H](C2)[C@H]3Nc2nc3n(n2)CCCC[C@H]3c2ccc(F)c(F)c2F)ncn1. The number of aryl methyl sites for hydroxylation is 2. The summed E-state index contributed by atoms with van der Waals surface area (Å²) in [4.78, 5) is 15.8. The highest BCUT2D eigenvalue weighted by atomic mass is 19.2. The van der Waals surface area contributed by atoms with Crippen molar-refractivity contribution in [2.75, 3.05) is 23.3 Å². The summed E-state index contributed by atoms with van der Waals surface area (Å²) in [5.74, 6) is -1.23. The number of nitrogens with zero attached hydrogens (tertiary/aromatic N) is 6. The highest BCUT2D eigenvalue weighted by Gasteiger charge is 2.43. The zero-order chi connectivity index (χ0) is 24.1. The molecule has 10 heteroatoms. The van der Waals surface area contributed by atoms with Crippen LogP contribution in [0.4, 0.5) is 24.9 Å². The lowest BCUT2D eigenvalue weighted by Crippen LogP contribution is -2.48. The van der Waals surface area contributed by atoms with Crippen molar-refractivity contribution >= 4 is 11.8 Å². The third kappa shape index (κ3) is 4.02. The molecular weight excluding hydrogens is 455 g/mol. The number of rotatable bonds is 4. The molecule has 3 aliphatic rings. The van der Waals surface area contributed by atoms with Crippen LogP contribution < -0.4 is 10.2 Å². The molecule has 4 heterocycles. The average Bonchev–Trinajstić information content (AvgIpc) is 3.25. The third-order valence-electron chi connectivity index (χ3n) is 7.81. The lowest BCUT2D eigenvalue weighted by molar-refractivity contribution is 0.374. The second-order valence-corrected chi connectivity index (χ2v) is 10.0. The van der Waals surface area contributed by atoms with Crippen LogP contribution in [0.1, 0.15) is 55.1 Å². The molecule has 0 radical (unpaired) electrons. The molecule has 184 valence electrons. The Morgan fingerprint density at radius 2 is 1.77 bits per heavy atom. The van der Waals surface area contributed by atoms with Crippen LogP contribution in [0.2, 0.25) is 0 Å². The van der Waals surface area contributed by atoms with Crippen molar-refractivity contribution in [3.63, 3.8) is 0 Å². The van der Waals surface area contributed by atoms with Crippen molar-refractivity contribution in [3.8, 4) is 0 Å². The maximum atomic E-state index is 14.7. The first kappa shape index (κ1) is 22.3. The van der Waals surface area contributed by atoms with Crippen molar-refractivity contribution in [2.45, 2.75) is 57.5 Å².